The van der Waals surface area contributed by atoms with E-state index in [0.29, 0.717) is 15.6 Å². The highest BCUT2D eigenvalue weighted by atomic mass is 35.5. The van der Waals surface area contributed by atoms with Crippen LogP contribution in [0.25, 0.3) is 0 Å². The van der Waals surface area contributed by atoms with E-state index < -0.39 is 28.5 Å². The molecule has 0 radical (unpaired) electrons. The van der Waals surface area contributed by atoms with Gasteiger partial charge < -0.3 is 10.2 Å². The zero-order valence-electron chi connectivity index (χ0n) is 23.2. The number of amides is 2. The molecule has 0 saturated carbocycles. The number of rotatable bonds is 11. The number of hydrogen-bond acceptors (Lipinski definition) is 4. The average Bonchev–Trinajstić information content (AvgIpc) is 3.00. The van der Waals surface area contributed by atoms with Crippen LogP contribution in [-0.2, 0) is 32.6 Å². The van der Waals surface area contributed by atoms with Crippen LogP contribution < -0.4 is 9.62 Å². The number of benzene rings is 4. The maximum atomic E-state index is 14.3. The van der Waals surface area contributed by atoms with Crippen LogP contribution in [0.2, 0.25) is 10.0 Å². The zero-order valence-corrected chi connectivity index (χ0v) is 25.5. The molecule has 7 nitrogen and oxygen atoms in total. The van der Waals surface area contributed by atoms with Crippen molar-refractivity contribution in [3.05, 3.63) is 130 Å². The minimum absolute atomic E-state index is 0.0218. The number of carbonyl (C=O) groups excluding carboxylic acids is 2. The van der Waals surface area contributed by atoms with Gasteiger partial charge in [0.2, 0.25) is 11.8 Å². The SMILES string of the molecule is CNC(=O)[C@H](Cc1ccccc1)N(Cc1ccc(Cl)cc1)C(=O)CN(c1cccc(Cl)c1C)S(=O)(=O)c1ccccc1. The molecule has 2 amide bonds. The molecule has 4 rings (SSSR count). The van der Waals surface area contributed by atoms with Crippen molar-refractivity contribution in [2.75, 3.05) is 17.9 Å². The molecule has 0 aromatic heterocycles. The Bertz CT molecular complexity index is 1630. The molecule has 218 valence electrons. The molecule has 0 aliphatic rings. The normalized spacial score (nSPS) is 11.9. The Morgan fingerprint density at radius 2 is 1.43 bits per heavy atom. The summed E-state index contributed by atoms with van der Waals surface area (Å²) in [5, 5.41) is 3.56. The monoisotopic (exact) mass is 623 g/mol. The molecule has 0 heterocycles. The van der Waals surface area contributed by atoms with Gasteiger partial charge in [0.1, 0.15) is 12.6 Å². The van der Waals surface area contributed by atoms with Crippen molar-refractivity contribution < 1.29 is 18.0 Å². The van der Waals surface area contributed by atoms with E-state index in [4.69, 9.17) is 23.2 Å². The van der Waals surface area contributed by atoms with Crippen molar-refractivity contribution in [2.24, 2.45) is 0 Å². The largest absolute Gasteiger partial charge is 0.357 e. The van der Waals surface area contributed by atoms with Crippen LogP contribution >= 0.6 is 23.2 Å². The van der Waals surface area contributed by atoms with Crippen molar-refractivity contribution in [2.45, 2.75) is 30.8 Å². The van der Waals surface area contributed by atoms with Crippen LogP contribution in [0.4, 0.5) is 5.69 Å². The average molecular weight is 625 g/mol. The van der Waals surface area contributed by atoms with Crippen LogP contribution in [0.3, 0.4) is 0 Å². The summed E-state index contributed by atoms with van der Waals surface area (Å²) in [6, 6.07) is 28.2. The van der Waals surface area contributed by atoms with E-state index in [-0.39, 0.29) is 29.5 Å². The zero-order chi connectivity index (χ0) is 30.3. The number of likely N-dealkylation sites (N-methyl/N-ethyl adjacent to an activating group) is 1. The summed E-state index contributed by atoms with van der Waals surface area (Å²) in [5.41, 5.74) is 2.35. The van der Waals surface area contributed by atoms with E-state index >= 15 is 0 Å². The van der Waals surface area contributed by atoms with Crippen LogP contribution in [0.1, 0.15) is 16.7 Å². The number of halogens is 2. The Balaban J connectivity index is 1.81. The van der Waals surface area contributed by atoms with Gasteiger partial charge >= 0.3 is 0 Å². The second-order valence-electron chi connectivity index (χ2n) is 9.68. The van der Waals surface area contributed by atoms with Gasteiger partial charge in [0.25, 0.3) is 10.0 Å². The quantitative estimate of drug-likeness (QED) is 0.226. The summed E-state index contributed by atoms with van der Waals surface area (Å²) < 4.78 is 29.1. The molecule has 0 aliphatic heterocycles. The fourth-order valence-electron chi connectivity index (χ4n) is 4.61. The van der Waals surface area contributed by atoms with E-state index in [0.717, 1.165) is 15.4 Å². The molecule has 0 aliphatic carbocycles. The Morgan fingerprint density at radius 1 is 0.810 bits per heavy atom. The van der Waals surface area contributed by atoms with Crippen molar-refractivity contribution in [1.29, 1.82) is 0 Å². The lowest BCUT2D eigenvalue weighted by Gasteiger charge is -2.34. The van der Waals surface area contributed by atoms with Gasteiger partial charge in [0.05, 0.1) is 10.6 Å². The van der Waals surface area contributed by atoms with E-state index in [2.05, 4.69) is 5.32 Å². The summed E-state index contributed by atoms with van der Waals surface area (Å²) in [7, 11) is -2.69. The molecular formula is C32H31Cl2N3O4S. The third-order valence-electron chi connectivity index (χ3n) is 6.90. The molecule has 0 unspecified atom stereocenters. The predicted molar refractivity (Wildman–Crippen MR) is 167 cm³/mol. The summed E-state index contributed by atoms with van der Waals surface area (Å²) in [6.45, 7) is 1.19. The van der Waals surface area contributed by atoms with Gasteiger partial charge in [-0.25, -0.2) is 8.42 Å². The third kappa shape index (κ3) is 7.31. The number of nitrogens with one attached hydrogen (secondary N) is 1. The van der Waals surface area contributed by atoms with Crippen molar-refractivity contribution in [1.82, 2.24) is 10.2 Å². The highest BCUT2D eigenvalue weighted by Gasteiger charge is 2.35. The van der Waals surface area contributed by atoms with Crippen molar-refractivity contribution in [3.63, 3.8) is 0 Å². The topological polar surface area (TPSA) is 86.8 Å². The Kier molecular flexibility index (Phi) is 10.3. The third-order valence-corrected chi connectivity index (χ3v) is 9.34. The first-order valence-electron chi connectivity index (χ1n) is 13.2. The highest BCUT2D eigenvalue weighted by Crippen LogP contribution is 2.31. The molecular weight excluding hydrogens is 593 g/mol. The number of hydrogen-bond donors (Lipinski definition) is 1. The van der Waals surface area contributed by atoms with Gasteiger partial charge in [-0.2, -0.15) is 0 Å². The molecule has 1 N–H and O–H groups in total. The Labute approximate surface area is 256 Å². The smallest absolute Gasteiger partial charge is 0.264 e. The fourth-order valence-corrected chi connectivity index (χ4v) is 6.39. The van der Waals surface area contributed by atoms with Gasteiger partial charge in [0.15, 0.2) is 0 Å². The number of nitrogens with zero attached hydrogens (tertiary/aromatic N) is 2. The van der Waals surface area contributed by atoms with Crippen LogP contribution in [-0.4, -0.2) is 44.8 Å². The van der Waals surface area contributed by atoms with Gasteiger partial charge in [-0.15, -0.1) is 0 Å². The van der Waals surface area contributed by atoms with E-state index in [1.807, 2.05) is 30.3 Å². The molecule has 0 saturated heterocycles. The molecule has 1 atom stereocenters. The molecule has 0 fully saturated rings. The van der Waals surface area contributed by atoms with Gasteiger partial charge in [-0.1, -0.05) is 89.9 Å². The summed E-state index contributed by atoms with van der Waals surface area (Å²) in [6.07, 6.45) is 0.224. The molecule has 4 aromatic rings. The summed E-state index contributed by atoms with van der Waals surface area (Å²) >= 11 is 12.5. The van der Waals surface area contributed by atoms with E-state index in [9.17, 15) is 18.0 Å². The standard InChI is InChI=1S/C32H31Cl2N3O4S/c1-23-28(34)14-9-15-29(23)37(42(40,41)27-12-7-4-8-13-27)22-31(38)36(21-25-16-18-26(33)19-17-25)30(32(39)35-2)20-24-10-5-3-6-11-24/h3-19,30H,20-22H2,1-2H3,(H,35,39)/t30-/m0/s1. The molecule has 0 spiro atoms. The van der Waals surface area contributed by atoms with E-state index in [1.54, 1.807) is 67.6 Å². The van der Waals surface area contributed by atoms with Crippen LogP contribution in [0, 0.1) is 6.92 Å². The van der Waals surface area contributed by atoms with E-state index in [1.165, 1.54) is 24.1 Å². The lowest BCUT2D eigenvalue weighted by molar-refractivity contribution is -0.139. The van der Waals surface area contributed by atoms with Gasteiger partial charge in [-0.05, 0) is 60.0 Å². The first kappa shape index (κ1) is 31.1. The van der Waals surface area contributed by atoms with Gasteiger partial charge in [-0.3, -0.25) is 13.9 Å². The van der Waals surface area contributed by atoms with Crippen LogP contribution in [0.5, 0.6) is 0 Å². The molecule has 0 bridgehead atoms. The lowest BCUT2D eigenvalue weighted by Crippen LogP contribution is -2.53. The first-order valence-corrected chi connectivity index (χ1v) is 15.4. The predicted octanol–water partition coefficient (Wildman–Crippen LogP) is 5.88. The highest BCUT2D eigenvalue weighted by molar-refractivity contribution is 7.92. The molecule has 4 aromatic carbocycles. The second kappa shape index (κ2) is 13.9. The lowest BCUT2D eigenvalue weighted by atomic mass is 10.0. The molecule has 10 heteroatoms. The second-order valence-corrected chi connectivity index (χ2v) is 12.4. The number of anilines is 1. The summed E-state index contributed by atoms with van der Waals surface area (Å²) in [5.74, 6) is -0.939. The summed E-state index contributed by atoms with van der Waals surface area (Å²) in [4.78, 5) is 29.1. The first-order chi connectivity index (χ1) is 20.1. The Morgan fingerprint density at radius 3 is 2.05 bits per heavy atom. The minimum atomic E-state index is -4.20. The van der Waals surface area contributed by atoms with Crippen molar-refractivity contribution >= 4 is 50.7 Å². The minimum Gasteiger partial charge on any atom is -0.357 e. The maximum Gasteiger partial charge on any atom is 0.264 e. The maximum absolute atomic E-state index is 14.3. The number of sulfonamides is 1. The van der Waals surface area contributed by atoms with Crippen molar-refractivity contribution in [3.8, 4) is 0 Å². The Hall–Kier alpha value is -3.85. The number of carbonyl (C=O) groups is 2. The molecule has 42 heavy (non-hydrogen) atoms. The fraction of sp³-hybridized carbons (Fsp3) is 0.188. The van der Waals surface area contributed by atoms with Crippen LogP contribution in [0.15, 0.2) is 108 Å². The van der Waals surface area contributed by atoms with Gasteiger partial charge in [0, 0.05) is 30.1 Å².